The van der Waals surface area contributed by atoms with Crippen LogP contribution in [0.1, 0.15) is 25.3 Å². The Morgan fingerprint density at radius 1 is 1.38 bits per heavy atom. The van der Waals surface area contributed by atoms with E-state index in [1.807, 2.05) is 30.3 Å². The number of likely N-dealkylation sites (tertiary alicyclic amines) is 1. The second kappa shape index (κ2) is 9.31. The van der Waals surface area contributed by atoms with Crippen molar-refractivity contribution >= 4 is 19.2 Å². The number of rotatable bonds is 9. The van der Waals surface area contributed by atoms with Gasteiger partial charge in [0.05, 0.1) is 6.61 Å². The minimum atomic E-state index is -3.29. The van der Waals surface area contributed by atoms with E-state index in [2.05, 4.69) is 0 Å². The minimum absolute atomic E-state index is 0.0903. The monoisotopic (exact) mass is 382 g/mol. The molecule has 1 heterocycles. The van der Waals surface area contributed by atoms with Crippen LogP contribution in [0.3, 0.4) is 0 Å². The lowest BCUT2D eigenvalue weighted by atomic mass is 10.1. The maximum absolute atomic E-state index is 13.2. The van der Waals surface area contributed by atoms with Crippen LogP contribution in [0, 0.1) is 0 Å². The van der Waals surface area contributed by atoms with Gasteiger partial charge in [0.2, 0.25) is 13.3 Å². The first-order valence-electron chi connectivity index (χ1n) is 8.89. The highest BCUT2D eigenvalue weighted by Crippen LogP contribution is 2.47. The van der Waals surface area contributed by atoms with E-state index in [4.69, 9.17) is 10.3 Å². The number of carbonyl (C=O) groups is 2. The van der Waals surface area contributed by atoms with Crippen LogP contribution in [-0.4, -0.2) is 59.4 Å². The fourth-order valence-corrected chi connectivity index (χ4v) is 5.59. The van der Waals surface area contributed by atoms with E-state index in [1.54, 1.807) is 6.92 Å². The van der Waals surface area contributed by atoms with Crippen LogP contribution in [0.15, 0.2) is 30.3 Å². The number of nitrogens with zero attached hydrogens (tertiary/aromatic N) is 1. The summed E-state index contributed by atoms with van der Waals surface area (Å²) >= 11 is 0. The van der Waals surface area contributed by atoms with Crippen molar-refractivity contribution in [3.05, 3.63) is 35.9 Å². The molecule has 0 spiro atoms. The predicted octanol–water partition coefficient (Wildman–Crippen LogP) is 1.95. The lowest BCUT2D eigenvalue weighted by Crippen LogP contribution is -2.42. The zero-order valence-electron chi connectivity index (χ0n) is 15.0. The topological polar surface area (TPSA) is 110 Å². The Labute approximate surface area is 154 Å². The van der Waals surface area contributed by atoms with Crippen molar-refractivity contribution in [1.82, 2.24) is 4.90 Å². The maximum atomic E-state index is 13.2. The molecule has 0 aromatic heterocycles. The molecule has 26 heavy (non-hydrogen) atoms. The number of aliphatic carboxylic acids is 1. The molecule has 3 atom stereocenters. The molecule has 1 aromatic carbocycles. The number of carbonyl (C=O) groups excluding carboxylic acids is 1. The van der Waals surface area contributed by atoms with Crippen LogP contribution in [-0.2, 0) is 25.1 Å². The Morgan fingerprint density at radius 2 is 2.08 bits per heavy atom. The van der Waals surface area contributed by atoms with Gasteiger partial charge in [0.1, 0.15) is 12.2 Å². The van der Waals surface area contributed by atoms with Crippen LogP contribution in [0.4, 0.5) is 0 Å². The molecule has 8 heteroatoms. The molecule has 2 rings (SSSR count). The lowest BCUT2D eigenvalue weighted by Gasteiger charge is -2.26. The molecule has 0 saturated carbocycles. The molecule has 0 radical (unpaired) electrons. The number of carboxylic acids is 1. The first kappa shape index (κ1) is 20.6. The van der Waals surface area contributed by atoms with Crippen LogP contribution in [0.5, 0.6) is 0 Å². The van der Waals surface area contributed by atoms with Crippen molar-refractivity contribution in [2.75, 3.05) is 25.5 Å². The average Bonchev–Trinajstić information content (AvgIpc) is 3.05. The van der Waals surface area contributed by atoms with E-state index >= 15 is 0 Å². The Bertz CT molecular complexity index is 667. The molecule has 1 aromatic rings. The maximum Gasteiger partial charge on any atom is 0.326 e. The molecule has 0 bridgehead atoms. The molecule has 1 aliphatic heterocycles. The van der Waals surface area contributed by atoms with E-state index in [0.29, 0.717) is 25.8 Å². The van der Waals surface area contributed by atoms with Gasteiger partial charge in [0.25, 0.3) is 0 Å². The molecule has 0 aliphatic carbocycles. The van der Waals surface area contributed by atoms with Crippen LogP contribution >= 0.6 is 7.37 Å². The fraction of sp³-hybridized carbons (Fsp3) is 0.556. The largest absolute Gasteiger partial charge is 0.480 e. The SMILES string of the molecule is CCOP(=O)(CC(=O)N1CCC[C@H]1C(=O)O)CC(N)Cc1ccccc1. The highest BCUT2D eigenvalue weighted by Gasteiger charge is 2.38. The molecule has 3 N–H and O–H groups in total. The number of benzene rings is 1. The van der Waals surface area contributed by atoms with Crippen molar-refractivity contribution in [2.45, 2.75) is 38.3 Å². The predicted molar refractivity (Wildman–Crippen MR) is 99.5 cm³/mol. The molecule has 144 valence electrons. The first-order chi connectivity index (χ1) is 12.3. The van der Waals surface area contributed by atoms with Gasteiger partial charge in [-0.05, 0) is 31.7 Å². The first-order valence-corrected chi connectivity index (χ1v) is 10.9. The standard InChI is InChI=1S/C18H27N2O5P/c1-2-25-26(24,12-15(19)11-14-7-4-3-5-8-14)13-17(21)20-10-6-9-16(20)18(22)23/h3-5,7-8,15-16H,2,6,9-13,19H2,1H3,(H,22,23)/t15?,16-,26?/m0/s1. The van der Waals surface area contributed by atoms with Crippen molar-refractivity contribution in [1.29, 1.82) is 0 Å². The van der Waals surface area contributed by atoms with Crippen LogP contribution < -0.4 is 5.73 Å². The van der Waals surface area contributed by atoms with Crippen molar-refractivity contribution in [2.24, 2.45) is 5.73 Å². The molecular formula is C18H27N2O5P. The molecule has 1 fully saturated rings. The van der Waals surface area contributed by atoms with Crippen molar-refractivity contribution in [3.63, 3.8) is 0 Å². The van der Waals surface area contributed by atoms with Gasteiger partial charge in [-0.25, -0.2) is 4.79 Å². The molecule has 1 amide bonds. The summed E-state index contributed by atoms with van der Waals surface area (Å²) in [5.74, 6) is -1.46. The second-order valence-electron chi connectivity index (χ2n) is 6.61. The Morgan fingerprint density at radius 3 is 2.69 bits per heavy atom. The molecular weight excluding hydrogens is 355 g/mol. The Hall–Kier alpha value is -1.69. The van der Waals surface area contributed by atoms with Gasteiger partial charge in [-0.15, -0.1) is 0 Å². The summed E-state index contributed by atoms with van der Waals surface area (Å²) in [4.78, 5) is 25.1. The van der Waals surface area contributed by atoms with Crippen molar-refractivity contribution < 1.29 is 23.8 Å². The summed E-state index contributed by atoms with van der Waals surface area (Å²) in [6.45, 7) is 2.30. The van der Waals surface area contributed by atoms with Crippen LogP contribution in [0.25, 0.3) is 0 Å². The summed E-state index contributed by atoms with van der Waals surface area (Å²) in [5.41, 5.74) is 7.18. The summed E-state index contributed by atoms with van der Waals surface area (Å²) in [5, 5.41) is 9.23. The third kappa shape index (κ3) is 5.66. The Balaban J connectivity index is 2.02. The van der Waals surface area contributed by atoms with E-state index in [1.165, 1.54) is 4.90 Å². The molecule has 7 nitrogen and oxygen atoms in total. The quantitative estimate of drug-likeness (QED) is 0.632. The van der Waals surface area contributed by atoms with Gasteiger partial charge in [0, 0.05) is 18.7 Å². The minimum Gasteiger partial charge on any atom is -0.480 e. The number of nitrogens with two attached hydrogens (primary N) is 1. The molecule has 2 unspecified atom stereocenters. The zero-order chi connectivity index (χ0) is 19.2. The number of hydrogen-bond acceptors (Lipinski definition) is 5. The summed E-state index contributed by atoms with van der Waals surface area (Å²) in [7, 11) is -3.29. The lowest BCUT2D eigenvalue weighted by molar-refractivity contribution is -0.147. The van der Waals surface area contributed by atoms with E-state index in [0.717, 1.165) is 5.56 Å². The van der Waals surface area contributed by atoms with Gasteiger partial charge >= 0.3 is 5.97 Å². The van der Waals surface area contributed by atoms with Gasteiger partial charge < -0.3 is 20.3 Å². The van der Waals surface area contributed by atoms with Gasteiger partial charge in [-0.2, -0.15) is 0 Å². The second-order valence-corrected chi connectivity index (χ2v) is 9.17. The molecule has 1 aliphatic rings. The van der Waals surface area contributed by atoms with E-state index in [-0.39, 0.29) is 18.9 Å². The number of carboxylic acid groups (broad SMARTS) is 1. The Kier molecular flexibility index (Phi) is 7.38. The van der Waals surface area contributed by atoms with Gasteiger partial charge in [-0.3, -0.25) is 9.36 Å². The summed E-state index contributed by atoms with van der Waals surface area (Å²) in [6.07, 6.45) is 1.39. The summed E-state index contributed by atoms with van der Waals surface area (Å²) in [6, 6.07) is 8.37. The van der Waals surface area contributed by atoms with E-state index in [9.17, 15) is 19.3 Å². The summed E-state index contributed by atoms with van der Waals surface area (Å²) < 4.78 is 18.6. The van der Waals surface area contributed by atoms with Crippen molar-refractivity contribution in [3.8, 4) is 0 Å². The highest BCUT2D eigenvalue weighted by atomic mass is 31.2. The molecule has 1 saturated heterocycles. The number of hydrogen-bond donors (Lipinski definition) is 2. The zero-order valence-corrected chi connectivity index (χ0v) is 15.9. The van der Waals surface area contributed by atoms with Gasteiger partial charge in [0.15, 0.2) is 0 Å². The number of amides is 1. The average molecular weight is 382 g/mol. The van der Waals surface area contributed by atoms with Crippen LogP contribution in [0.2, 0.25) is 0 Å². The smallest absolute Gasteiger partial charge is 0.326 e. The van der Waals surface area contributed by atoms with E-state index < -0.39 is 31.3 Å². The van der Waals surface area contributed by atoms with Gasteiger partial charge in [-0.1, -0.05) is 30.3 Å². The third-order valence-corrected chi connectivity index (χ3v) is 6.96. The highest BCUT2D eigenvalue weighted by molar-refractivity contribution is 7.60. The fourth-order valence-electron chi connectivity index (χ4n) is 3.36. The third-order valence-electron chi connectivity index (χ3n) is 4.45. The normalized spacial score (nSPS) is 20.5.